The van der Waals surface area contributed by atoms with Crippen molar-refractivity contribution in [3.63, 3.8) is 0 Å². The normalized spacial score (nSPS) is 11.1. The van der Waals surface area contributed by atoms with E-state index in [2.05, 4.69) is 41.0 Å². The second-order valence-corrected chi connectivity index (χ2v) is 4.74. The molecule has 0 saturated heterocycles. The fourth-order valence-corrected chi connectivity index (χ4v) is 2.26. The Morgan fingerprint density at radius 3 is 2.63 bits per heavy atom. The molecule has 5 nitrogen and oxygen atoms in total. The molecule has 0 saturated carbocycles. The standard InChI is InChI=1S/C14H15N5/c1-8-4-5-12(9(2)6-8)19-14-11(7-16-19)13(15)17-10(3)18-14/h4-7H,1-3H3,(H2,15,17,18). The zero-order valence-corrected chi connectivity index (χ0v) is 11.2. The number of nitrogens with zero attached hydrogens (tertiary/aromatic N) is 4. The number of aromatic nitrogens is 4. The number of nitrogen functional groups attached to an aromatic ring is 1. The molecule has 19 heavy (non-hydrogen) atoms. The summed E-state index contributed by atoms with van der Waals surface area (Å²) < 4.78 is 1.81. The van der Waals surface area contributed by atoms with Crippen molar-refractivity contribution in [2.24, 2.45) is 0 Å². The summed E-state index contributed by atoms with van der Waals surface area (Å²) in [4.78, 5) is 8.60. The third-order valence-electron chi connectivity index (χ3n) is 3.15. The van der Waals surface area contributed by atoms with Crippen molar-refractivity contribution in [1.29, 1.82) is 0 Å². The van der Waals surface area contributed by atoms with Crippen LogP contribution in [-0.4, -0.2) is 19.7 Å². The lowest BCUT2D eigenvalue weighted by atomic mass is 10.1. The molecular weight excluding hydrogens is 238 g/mol. The molecule has 5 heteroatoms. The molecule has 0 unspecified atom stereocenters. The SMILES string of the molecule is Cc1ccc(-n2ncc3c(N)nc(C)nc32)c(C)c1. The third kappa shape index (κ3) is 1.83. The predicted molar refractivity (Wildman–Crippen MR) is 75.3 cm³/mol. The summed E-state index contributed by atoms with van der Waals surface area (Å²) in [7, 11) is 0. The topological polar surface area (TPSA) is 69.6 Å². The van der Waals surface area contributed by atoms with E-state index in [1.165, 1.54) is 5.56 Å². The molecule has 0 aliphatic rings. The minimum Gasteiger partial charge on any atom is -0.383 e. The Labute approximate surface area is 111 Å². The van der Waals surface area contributed by atoms with Crippen molar-refractivity contribution < 1.29 is 0 Å². The van der Waals surface area contributed by atoms with Crippen molar-refractivity contribution in [3.05, 3.63) is 41.3 Å². The number of aryl methyl sites for hydroxylation is 3. The molecule has 1 aromatic carbocycles. The Bertz CT molecular complexity index is 773. The number of rotatable bonds is 1. The van der Waals surface area contributed by atoms with E-state index >= 15 is 0 Å². The molecule has 2 aromatic heterocycles. The molecule has 0 radical (unpaired) electrons. The van der Waals surface area contributed by atoms with E-state index in [4.69, 9.17) is 5.73 Å². The first-order chi connectivity index (χ1) is 9.06. The molecular formula is C14H15N5. The van der Waals surface area contributed by atoms with Gasteiger partial charge in [0.25, 0.3) is 0 Å². The highest BCUT2D eigenvalue weighted by Crippen LogP contribution is 2.22. The van der Waals surface area contributed by atoms with Crippen molar-refractivity contribution in [2.75, 3.05) is 5.73 Å². The van der Waals surface area contributed by atoms with Crippen LogP contribution in [0.5, 0.6) is 0 Å². The summed E-state index contributed by atoms with van der Waals surface area (Å²) in [5, 5.41) is 5.18. The maximum Gasteiger partial charge on any atom is 0.168 e. The van der Waals surface area contributed by atoms with Gasteiger partial charge in [0.15, 0.2) is 5.65 Å². The van der Waals surface area contributed by atoms with E-state index in [0.29, 0.717) is 11.6 Å². The van der Waals surface area contributed by atoms with Crippen molar-refractivity contribution in [1.82, 2.24) is 19.7 Å². The van der Waals surface area contributed by atoms with Crippen LogP contribution in [0.1, 0.15) is 17.0 Å². The largest absolute Gasteiger partial charge is 0.383 e. The molecule has 2 N–H and O–H groups in total. The Morgan fingerprint density at radius 1 is 1.11 bits per heavy atom. The number of fused-ring (bicyclic) bond motifs is 1. The number of nitrogens with two attached hydrogens (primary N) is 1. The van der Waals surface area contributed by atoms with Gasteiger partial charge in [0, 0.05) is 0 Å². The van der Waals surface area contributed by atoms with Gasteiger partial charge in [-0.15, -0.1) is 0 Å². The molecule has 0 spiro atoms. The van der Waals surface area contributed by atoms with Gasteiger partial charge in [-0.05, 0) is 32.4 Å². The van der Waals surface area contributed by atoms with Gasteiger partial charge in [-0.2, -0.15) is 5.10 Å². The fourth-order valence-electron chi connectivity index (χ4n) is 2.26. The summed E-state index contributed by atoms with van der Waals surface area (Å²) in [6, 6.07) is 6.23. The van der Waals surface area contributed by atoms with Crippen LogP contribution in [0.15, 0.2) is 24.4 Å². The van der Waals surface area contributed by atoms with Crippen molar-refractivity contribution in [2.45, 2.75) is 20.8 Å². The van der Waals surface area contributed by atoms with E-state index in [1.807, 2.05) is 17.7 Å². The lowest BCUT2D eigenvalue weighted by Gasteiger charge is -2.08. The monoisotopic (exact) mass is 253 g/mol. The molecule has 0 fully saturated rings. The van der Waals surface area contributed by atoms with Crippen LogP contribution in [0.25, 0.3) is 16.7 Å². The number of benzene rings is 1. The van der Waals surface area contributed by atoms with Gasteiger partial charge >= 0.3 is 0 Å². The molecule has 3 aromatic rings. The fraction of sp³-hybridized carbons (Fsp3) is 0.214. The maximum absolute atomic E-state index is 5.91. The van der Waals surface area contributed by atoms with Crippen LogP contribution in [0.2, 0.25) is 0 Å². The van der Waals surface area contributed by atoms with Crippen LogP contribution in [0.4, 0.5) is 5.82 Å². The van der Waals surface area contributed by atoms with Gasteiger partial charge in [-0.25, -0.2) is 14.6 Å². The second kappa shape index (κ2) is 4.05. The average molecular weight is 253 g/mol. The van der Waals surface area contributed by atoms with Gasteiger partial charge in [0.2, 0.25) is 0 Å². The summed E-state index contributed by atoms with van der Waals surface area (Å²) in [5.74, 6) is 1.12. The van der Waals surface area contributed by atoms with Crippen LogP contribution in [-0.2, 0) is 0 Å². The van der Waals surface area contributed by atoms with E-state index < -0.39 is 0 Å². The van der Waals surface area contributed by atoms with Crippen LogP contribution in [0.3, 0.4) is 0 Å². The Kier molecular flexibility index (Phi) is 2.48. The van der Waals surface area contributed by atoms with E-state index in [0.717, 1.165) is 22.3 Å². The van der Waals surface area contributed by atoms with E-state index in [1.54, 1.807) is 6.20 Å². The third-order valence-corrected chi connectivity index (χ3v) is 3.15. The predicted octanol–water partition coefficient (Wildman–Crippen LogP) is 2.32. The van der Waals surface area contributed by atoms with Gasteiger partial charge in [0.1, 0.15) is 11.6 Å². The molecule has 3 rings (SSSR count). The number of anilines is 1. The van der Waals surface area contributed by atoms with E-state index in [9.17, 15) is 0 Å². The molecule has 0 bridgehead atoms. The first-order valence-corrected chi connectivity index (χ1v) is 6.12. The highest BCUT2D eigenvalue weighted by molar-refractivity contribution is 5.86. The first-order valence-electron chi connectivity index (χ1n) is 6.12. The molecule has 0 atom stereocenters. The minimum absolute atomic E-state index is 0.471. The van der Waals surface area contributed by atoms with E-state index in [-0.39, 0.29) is 0 Å². The molecule has 2 heterocycles. The summed E-state index contributed by atoms with van der Waals surface area (Å²) in [5.41, 5.74) is 10.0. The molecule has 0 amide bonds. The summed E-state index contributed by atoms with van der Waals surface area (Å²) in [6.07, 6.45) is 1.71. The second-order valence-electron chi connectivity index (χ2n) is 4.74. The number of hydrogen-bond acceptors (Lipinski definition) is 4. The summed E-state index contributed by atoms with van der Waals surface area (Å²) >= 11 is 0. The highest BCUT2D eigenvalue weighted by Gasteiger charge is 2.12. The lowest BCUT2D eigenvalue weighted by Crippen LogP contribution is -2.03. The van der Waals surface area contributed by atoms with Crippen LogP contribution < -0.4 is 5.73 Å². The van der Waals surface area contributed by atoms with Crippen molar-refractivity contribution >= 4 is 16.9 Å². The van der Waals surface area contributed by atoms with Gasteiger partial charge in [0.05, 0.1) is 17.3 Å². The Morgan fingerprint density at radius 2 is 1.89 bits per heavy atom. The van der Waals surface area contributed by atoms with Gasteiger partial charge < -0.3 is 5.73 Å². The quantitative estimate of drug-likeness (QED) is 0.722. The van der Waals surface area contributed by atoms with Gasteiger partial charge in [-0.1, -0.05) is 17.7 Å². The smallest absolute Gasteiger partial charge is 0.168 e. The molecule has 0 aliphatic heterocycles. The van der Waals surface area contributed by atoms with Crippen molar-refractivity contribution in [3.8, 4) is 5.69 Å². The minimum atomic E-state index is 0.471. The Hall–Kier alpha value is -2.43. The first kappa shape index (κ1) is 11.6. The van der Waals surface area contributed by atoms with Crippen LogP contribution in [0, 0.1) is 20.8 Å². The number of hydrogen-bond donors (Lipinski definition) is 1. The maximum atomic E-state index is 5.91. The zero-order valence-electron chi connectivity index (χ0n) is 11.2. The molecule has 96 valence electrons. The Balaban J connectivity index is 2.31. The zero-order chi connectivity index (χ0) is 13.6. The van der Waals surface area contributed by atoms with Gasteiger partial charge in [-0.3, -0.25) is 0 Å². The highest BCUT2D eigenvalue weighted by atomic mass is 15.3. The summed E-state index contributed by atoms with van der Waals surface area (Å²) in [6.45, 7) is 5.96. The lowest BCUT2D eigenvalue weighted by molar-refractivity contribution is 0.882. The molecule has 0 aliphatic carbocycles. The van der Waals surface area contributed by atoms with Crippen LogP contribution >= 0.6 is 0 Å². The average Bonchev–Trinajstić information content (AvgIpc) is 2.73.